The molecular formula is C35H65ClMgN2O5S2. The first-order chi connectivity index (χ1) is 19.5. The minimum atomic E-state index is -0.807. The molecular weight excluding hydrogens is 652 g/mol. The zero-order valence-electron chi connectivity index (χ0n) is 29.5. The number of halogens is 1. The number of carbonyl (C=O) groups excluding carboxylic acids is 1. The Kier molecular flexibility index (Phi) is 41.1. The molecule has 46 heavy (non-hydrogen) atoms. The van der Waals surface area contributed by atoms with E-state index < -0.39 is 5.60 Å². The van der Waals surface area contributed by atoms with E-state index in [-0.39, 0.29) is 87.5 Å². The predicted molar refractivity (Wildman–Crippen MR) is 204 cm³/mol. The van der Waals surface area contributed by atoms with Crippen LogP contribution in [0.1, 0.15) is 70.3 Å². The van der Waals surface area contributed by atoms with Crippen molar-refractivity contribution >= 4 is 55.8 Å². The summed E-state index contributed by atoms with van der Waals surface area (Å²) in [4.78, 5) is 16.2. The number of hydrogen-bond donors (Lipinski definition) is 1. The second kappa shape index (κ2) is 32.8. The topological polar surface area (TPSA) is 71.5 Å². The van der Waals surface area contributed by atoms with Gasteiger partial charge in [-0.15, -0.1) is 0 Å². The molecule has 0 aromatic heterocycles. The largest absolute Gasteiger partial charge is 2.00 e. The molecule has 0 radical (unpaired) electrons. The summed E-state index contributed by atoms with van der Waals surface area (Å²) in [5.74, 6) is 1.83. The van der Waals surface area contributed by atoms with Crippen molar-refractivity contribution in [3.05, 3.63) is 66.6 Å². The fraction of sp³-hybridized carbons (Fsp3) is 0.600. The monoisotopic (exact) mass is 716 g/mol. The van der Waals surface area contributed by atoms with Crippen LogP contribution in [-0.2, 0) is 10.3 Å². The van der Waals surface area contributed by atoms with Gasteiger partial charge in [0.05, 0.1) is 19.8 Å². The molecule has 2 aromatic rings. The number of rotatable bonds is 11. The van der Waals surface area contributed by atoms with Gasteiger partial charge in [-0.1, -0.05) is 52.5 Å². The number of ketones is 1. The third kappa shape index (κ3) is 22.0. The molecule has 0 saturated carbocycles. The zero-order chi connectivity index (χ0) is 31.4. The summed E-state index contributed by atoms with van der Waals surface area (Å²) in [5.41, 5.74) is 0.839. The molecule has 11 heteroatoms. The summed E-state index contributed by atoms with van der Waals surface area (Å²) >= 11 is 0. The van der Waals surface area contributed by atoms with Crippen molar-refractivity contribution in [1.29, 1.82) is 0 Å². The molecule has 1 heterocycles. The van der Waals surface area contributed by atoms with Crippen molar-refractivity contribution < 1.29 is 36.5 Å². The molecule has 2 aromatic carbocycles. The van der Waals surface area contributed by atoms with Gasteiger partial charge in [-0.05, 0) is 77.3 Å². The molecule has 1 aliphatic rings. The molecule has 266 valence electrons. The quantitative estimate of drug-likeness (QED) is 0.216. The molecule has 1 N–H and O–H groups in total. The first-order valence-electron chi connectivity index (χ1n) is 14.6. The number of Topliss-reactive ketones (excluding diaryl/α,β-unsaturated/α-hetero) is 1. The fourth-order valence-corrected chi connectivity index (χ4v) is 4.63. The van der Waals surface area contributed by atoms with Crippen molar-refractivity contribution in [2.24, 2.45) is 11.8 Å². The summed E-state index contributed by atoms with van der Waals surface area (Å²) in [6.45, 7) is 14.7. The third-order valence-corrected chi connectivity index (χ3v) is 6.83. The molecule has 0 unspecified atom stereocenters. The van der Waals surface area contributed by atoms with Crippen LogP contribution < -0.4 is 21.9 Å². The molecule has 0 spiro atoms. The Morgan fingerprint density at radius 1 is 0.913 bits per heavy atom. The first-order valence-corrected chi connectivity index (χ1v) is 14.6. The maximum absolute atomic E-state index is 12.1. The van der Waals surface area contributed by atoms with E-state index in [0.29, 0.717) is 12.0 Å². The van der Waals surface area contributed by atoms with Crippen LogP contribution in [0.4, 0.5) is 0 Å². The number of methoxy groups -OCH3 is 2. The van der Waals surface area contributed by atoms with Gasteiger partial charge in [0.25, 0.3) is 0 Å². The third-order valence-electron chi connectivity index (χ3n) is 6.83. The summed E-state index contributed by atoms with van der Waals surface area (Å²) < 4.78 is 15.3. The average Bonchev–Trinajstić information content (AvgIpc) is 3.57. The zero-order valence-corrected chi connectivity index (χ0v) is 33.7. The van der Waals surface area contributed by atoms with E-state index in [1.165, 1.54) is 12.8 Å². The van der Waals surface area contributed by atoms with Crippen LogP contribution >= 0.6 is 27.0 Å². The Balaban J connectivity index is -0.000000132. The van der Waals surface area contributed by atoms with Crippen molar-refractivity contribution in [3.63, 3.8) is 0 Å². The summed E-state index contributed by atoms with van der Waals surface area (Å²) in [6, 6.07) is 15.0. The standard InChI is InChI=1S/C15H25NO2.C13H19NO2.C4H8O.C2H5.CH4.ClH.Mg.2H2S/c1-6-15(17,12(2)11-16(3)4)13-8-7-9-14(10-13)18-5;1-10(9-14(2)3)13(15)11-6-5-7-12(8-11)16-4;1-2-4-5-3-1;1-2;;;;;/h7-10,12,17H,6,11H2,1-5H3;5-8,10H,9H2,1-4H3;1-4H2;1H2,2H3;1H4;1H;;2*1H2/q;;;-1;;;+2;;/p-1/t12-,15+;10-;;;;;;;/m00......./s1. The van der Waals surface area contributed by atoms with Crippen molar-refractivity contribution in [2.45, 2.75) is 60.0 Å². The van der Waals surface area contributed by atoms with Gasteiger partial charge in [0.2, 0.25) is 0 Å². The number of nitrogens with zero attached hydrogens (tertiary/aromatic N) is 2. The normalized spacial score (nSPS) is 13.5. The smallest absolute Gasteiger partial charge is 1.00 e. The molecule has 0 bridgehead atoms. The van der Waals surface area contributed by atoms with Gasteiger partial charge in [-0.3, -0.25) is 4.79 Å². The number of hydrogen-bond acceptors (Lipinski definition) is 7. The van der Waals surface area contributed by atoms with Gasteiger partial charge >= 0.3 is 23.1 Å². The van der Waals surface area contributed by atoms with E-state index in [1.54, 1.807) is 27.2 Å². The number of carbonyl (C=O) groups is 1. The van der Waals surface area contributed by atoms with Gasteiger partial charge in [-0.2, -0.15) is 33.9 Å². The molecule has 1 saturated heterocycles. The van der Waals surface area contributed by atoms with Crippen LogP contribution in [0.25, 0.3) is 0 Å². The first kappa shape index (κ1) is 57.6. The predicted octanol–water partition coefficient (Wildman–Crippen LogP) is 3.69. The van der Waals surface area contributed by atoms with Gasteiger partial charge in [0.1, 0.15) is 11.5 Å². The van der Waals surface area contributed by atoms with Gasteiger partial charge in [0, 0.05) is 43.7 Å². The molecule has 0 amide bonds. The van der Waals surface area contributed by atoms with Crippen LogP contribution in [0.5, 0.6) is 11.5 Å². The molecule has 3 rings (SSSR count). The molecule has 1 fully saturated rings. The molecule has 7 nitrogen and oxygen atoms in total. The summed E-state index contributed by atoms with van der Waals surface area (Å²) in [6.07, 6.45) is 3.25. The van der Waals surface area contributed by atoms with Crippen molar-refractivity contribution in [1.82, 2.24) is 9.80 Å². The fourth-order valence-electron chi connectivity index (χ4n) is 4.63. The number of benzene rings is 2. The van der Waals surface area contributed by atoms with Crippen LogP contribution in [0, 0.1) is 18.8 Å². The van der Waals surface area contributed by atoms with E-state index in [4.69, 9.17) is 14.2 Å². The average molecular weight is 718 g/mol. The molecule has 0 aliphatic carbocycles. The minimum Gasteiger partial charge on any atom is -1.00 e. The van der Waals surface area contributed by atoms with E-state index in [9.17, 15) is 9.90 Å². The Morgan fingerprint density at radius 3 is 1.76 bits per heavy atom. The summed E-state index contributed by atoms with van der Waals surface area (Å²) in [5, 5.41) is 10.9. The SMILES string of the molecule is C.C1CCOC1.CC[C@](O)(c1cccc(OC)c1)[C@@H](C)CN(C)C.COc1cccc(C(=O)[C@@H](C)CN(C)C)c1.S.S.[CH2-]C.[Cl-].[Mg+2]. The van der Waals surface area contributed by atoms with Crippen LogP contribution in [0.3, 0.4) is 0 Å². The maximum atomic E-state index is 12.1. The Hall–Kier alpha value is -0.694. The Morgan fingerprint density at radius 2 is 1.37 bits per heavy atom. The van der Waals surface area contributed by atoms with E-state index >= 15 is 0 Å². The van der Waals surface area contributed by atoms with E-state index in [2.05, 4.69) is 18.7 Å². The minimum absolute atomic E-state index is 0. The Bertz CT molecular complexity index is 980. The number of ether oxygens (including phenoxy) is 3. The Labute approximate surface area is 319 Å². The van der Waals surface area contributed by atoms with Gasteiger partial charge < -0.3 is 48.4 Å². The van der Waals surface area contributed by atoms with Crippen LogP contribution in [0.2, 0.25) is 0 Å². The second-order valence-corrected chi connectivity index (χ2v) is 10.8. The van der Waals surface area contributed by atoms with E-state index in [0.717, 1.165) is 43.4 Å². The van der Waals surface area contributed by atoms with E-state index in [1.807, 2.05) is 89.4 Å². The summed E-state index contributed by atoms with van der Waals surface area (Å²) in [7, 11) is 11.2. The maximum Gasteiger partial charge on any atom is 2.00 e. The van der Waals surface area contributed by atoms with Crippen LogP contribution in [-0.4, -0.2) is 112 Å². The van der Waals surface area contributed by atoms with Gasteiger partial charge in [-0.25, -0.2) is 0 Å². The van der Waals surface area contributed by atoms with Gasteiger partial charge in [0.15, 0.2) is 5.78 Å². The number of aliphatic hydroxyl groups is 1. The van der Waals surface area contributed by atoms with Crippen molar-refractivity contribution in [3.8, 4) is 11.5 Å². The second-order valence-electron chi connectivity index (χ2n) is 10.8. The van der Waals surface area contributed by atoms with Crippen molar-refractivity contribution in [2.75, 3.05) is 68.7 Å². The van der Waals surface area contributed by atoms with Crippen LogP contribution in [0.15, 0.2) is 48.5 Å². The molecule has 3 atom stereocenters. The molecule has 1 aliphatic heterocycles.